The molecule has 108 valence electrons. The first-order valence-corrected chi connectivity index (χ1v) is 7.28. The summed E-state index contributed by atoms with van der Waals surface area (Å²) in [6, 6.07) is 5.05. The molecule has 1 rings (SSSR count). The summed E-state index contributed by atoms with van der Waals surface area (Å²) in [5.41, 5.74) is 6.02. The van der Waals surface area contributed by atoms with Crippen molar-refractivity contribution in [3.8, 4) is 0 Å². The van der Waals surface area contributed by atoms with Crippen LogP contribution in [0.5, 0.6) is 0 Å². The Hall–Kier alpha value is -1.21. The Labute approximate surface area is 111 Å². The van der Waals surface area contributed by atoms with Crippen molar-refractivity contribution in [2.24, 2.45) is 5.73 Å². The van der Waals surface area contributed by atoms with Gasteiger partial charge in [-0.2, -0.15) is 8.78 Å². The average Bonchev–Trinajstić information content (AvgIpc) is 2.28. The van der Waals surface area contributed by atoms with Crippen LogP contribution in [0, 0.1) is 0 Å². The number of hydrogen-bond acceptors (Lipinski definition) is 4. The average molecular weight is 292 g/mol. The van der Waals surface area contributed by atoms with Crippen LogP contribution in [0.15, 0.2) is 29.2 Å². The van der Waals surface area contributed by atoms with Crippen LogP contribution in [0.1, 0.15) is 20.8 Å². The molecule has 0 saturated carbocycles. The molecule has 0 saturated heterocycles. The molecule has 19 heavy (non-hydrogen) atoms. The van der Waals surface area contributed by atoms with Crippen molar-refractivity contribution >= 4 is 15.5 Å². The number of hydrogen-bond donors (Lipinski definition) is 2. The highest BCUT2D eigenvalue weighted by molar-refractivity contribution is 7.91. The van der Waals surface area contributed by atoms with E-state index in [1.54, 1.807) is 0 Å². The van der Waals surface area contributed by atoms with Gasteiger partial charge in [0.2, 0.25) is 9.84 Å². The maximum atomic E-state index is 12.4. The molecule has 0 aliphatic rings. The van der Waals surface area contributed by atoms with Gasteiger partial charge in [-0.15, -0.1) is 0 Å². The predicted octanol–water partition coefficient (Wildman–Crippen LogP) is 2.22. The highest BCUT2D eigenvalue weighted by Crippen LogP contribution is 2.22. The number of alkyl halides is 2. The van der Waals surface area contributed by atoms with Gasteiger partial charge in [-0.1, -0.05) is 0 Å². The third-order valence-electron chi connectivity index (χ3n) is 3.02. The molecule has 1 aromatic carbocycles. The maximum Gasteiger partial charge on any atom is 0.341 e. The van der Waals surface area contributed by atoms with E-state index in [2.05, 4.69) is 5.32 Å². The molecule has 1 unspecified atom stereocenters. The highest BCUT2D eigenvalue weighted by atomic mass is 32.2. The zero-order valence-electron chi connectivity index (χ0n) is 11.0. The van der Waals surface area contributed by atoms with E-state index in [-0.39, 0.29) is 6.04 Å². The van der Waals surface area contributed by atoms with E-state index in [1.807, 2.05) is 20.8 Å². The summed E-state index contributed by atoms with van der Waals surface area (Å²) in [5.74, 6) is -3.41. The molecule has 0 aliphatic carbocycles. The molecular weight excluding hydrogens is 274 g/mol. The standard InChI is InChI=1S/C12H18F2N2O2S/c1-8(15)12(2,3)16-9-4-6-10(7-5-9)19(17,18)11(13)14/h4-8,11,16H,15H2,1-3H3. The molecular formula is C12H18F2N2O2S. The predicted molar refractivity (Wildman–Crippen MR) is 71.0 cm³/mol. The van der Waals surface area contributed by atoms with Gasteiger partial charge in [-0.05, 0) is 45.0 Å². The van der Waals surface area contributed by atoms with Gasteiger partial charge >= 0.3 is 5.76 Å². The van der Waals surface area contributed by atoms with Crippen LogP contribution in [-0.2, 0) is 9.84 Å². The summed E-state index contributed by atoms with van der Waals surface area (Å²) >= 11 is 0. The van der Waals surface area contributed by atoms with Crippen molar-refractivity contribution in [3.63, 3.8) is 0 Å². The first kappa shape index (κ1) is 15.8. The minimum Gasteiger partial charge on any atom is -0.379 e. The van der Waals surface area contributed by atoms with Gasteiger partial charge in [-0.3, -0.25) is 0 Å². The lowest BCUT2D eigenvalue weighted by molar-refractivity contribution is 0.234. The second-order valence-electron chi connectivity index (χ2n) is 4.97. The van der Waals surface area contributed by atoms with Crippen molar-refractivity contribution in [3.05, 3.63) is 24.3 Å². The van der Waals surface area contributed by atoms with Crippen molar-refractivity contribution < 1.29 is 17.2 Å². The lowest BCUT2D eigenvalue weighted by atomic mass is 9.96. The molecule has 0 fully saturated rings. The fourth-order valence-corrected chi connectivity index (χ4v) is 2.04. The third-order valence-corrected chi connectivity index (χ3v) is 4.42. The largest absolute Gasteiger partial charge is 0.379 e. The number of anilines is 1. The number of benzene rings is 1. The van der Waals surface area contributed by atoms with E-state index >= 15 is 0 Å². The van der Waals surface area contributed by atoms with E-state index in [0.717, 1.165) is 12.1 Å². The van der Waals surface area contributed by atoms with Crippen LogP contribution >= 0.6 is 0 Å². The van der Waals surface area contributed by atoms with E-state index in [9.17, 15) is 17.2 Å². The Balaban J connectivity index is 2.96. The number of nitrogens with two attached hydrogens (primary N) is 1. The topological polar surface area (TPSA) is 72.2 Å². The Morgan fingerprint density at radius 1 is 1.21 bits per heavy atom. The minimum absolute atomic E-state index is 0.142. The highest BCUT2D eigenvalue weighted by Gasteiger charge is 2.27. The van der Waals surface area contributed by atoms with Crippen LogP contribution in [0.4, 0.5) is 14.5 Å². The smallest absolute Gasteiger partial charge is 0.341 e. The second-order valence-corrected chi connectivity index (χ2v) is 6.88. The number of sulfone groups is 1. The normalized spacial score (nSPS) is 14.5. The Morgan fingerprint density at radius 3 is 2.05 bits per heavy atom. The molecule has 0 bridgehead atoms. The molecule has 0 amide bonds. The first-order valence-electron chi connectivity index (χ1n) is 5.73. The molecule has 0 aromatic heterocycles. The fourth-order valence-electron chi connectivity index (χ4n) is 1.32. The van der Waals surface area contributed by atoms with Gasteiger partial charge in [0, 0.05) is 17.3 Å². The Morgan fingerprint density at radius 2 is 1.68 bits per heavy atom. The fraction of sp³-hybridized carbons (Fsp3) is 0.500. The molecule has 1 aromatic rings. The molecule has 7 heteroatoms. The first-order chi connectivity index (χ1) is 8.57. The van der Waals surface area contributed by atoms with Crippen LogP contribution < -0.4 is 11.1 Å². The lowest BCUT2D eigenvalue weighted by Crippen LogP contribution is -2.47. The van der Waals surface area contributed by atoms with Crippen molar-refractivity contribution in [1.82, 2.24) is 0 Å². The molecule has 3 N–H and O–H groups in total. The van der Waals surface area contributed by atoms with Gasteiger partial charge < -0.3 is 11.1 Å². The van der Waals surface area contributed by atoms with E-state index in [1.165, 1.54) is 12.1 Å². The van der Waals surface area contributed by atoms with Crippen molar-refractivity contribution in [2.45, 2.75) is 43.0 Å². The zero-order chi connectivity index (χ0) is 14.8. The van der Waals surface area contributed by atoms with Gasteiger partial charge in [0.25, 0.3) is 0 Å². The number of halogens is 2. The van der Waals surface area contributed by atoms with Gasteiger partial charge in [0.05, 0.1) is 4.90 Å². The van der Waals surface area contributed by atoms with E-state index in [4.69, 9.17) is 5.73 Å². The monoisotopic (exact) mass is 292 g/mol. The summed E-state index contributed by atoms with van der Waals surface area (Å²) in [6.45, 7) is 5.62. The summed E-state index contributed by atoms with van der Waals surface area (Å²) in [6.07, 6.45) is 0. The Bertz CT molecular complexity index is 525. The SMILES string of the molecule is CC(N)C(C)(C)Nc1ccc(S(=O)(=O)C(F)F)cc1. The van der Waals surface area contributed by atoms with Gasteiger partial charge in [-0.25, -0.2) is 8.42 Å². The zero-order valence-corrected chi connectivity index (χ0v) is 11.8. The summed E-state index contributed by atoms with van der Waals surface area (Å²) in [7, 11) is -4.54. The van der Waals surface area contributed by atoms with Crippen LogP contribution in [0.2, 0.25) is 0 Å². The molecule has 1 atom stereocenters. The third kappa shape index (κ3) is 3.63. The van der Waals surface area contributed by atoms with Crippen molar-refractivity contribution in [1.29, 1.82) is 0 Å². The van der Waals surface area contributed by atoms with Crippen LogP contribution in [0.3, 0.4) is 0 Å². The van der Waals surface area contributed by atoms with Crippen LogP contribution in [0.25, 0.3) is 0 Å². The molecule has 0 heterocycles. The molecule has 4 nitrogen and oxygen atoms in total. The van der Waals surface area contributed by atoms with Gasteiger partial charge in [0.1, 0.15) is 0 Å². The van der Waals surface area contributed by atoms with Crippen LogP contribution in [-0.4, -0.2) is 25.8 Å². The summed E-state index contributed by atoms with van der Waals surface area (Å²) in [5, 5.41) is 3.12. The van der Waals surface area contributed by atoms with Gasteiger partial charge in [0.15, 0.2) is 0 Å². The number of nitrogens with one attached hydrogen (secondary N) is 1. The quantitative estimate of drug-likeness (QED) is 0.873. The summed E-state index contributed by atoms with van der Waals surface area (Å²) < 4.78 is 47.2. The summed E-state index contributed by atoms with van der Waals surface area (Å²) in [4.78, 5) is -0.397. The lowest BCUT2D eigenvalue weighted by Gasteiger charge is -2.31. The maximum absolute atomic E-state index is 12.4. The second kappa shape index (κ2) is 5.42. The molecule has 0 spiro atoms. The Kier molecular flexibility index (Phi) is 4.52. The van der Waals surface area contributed by atoms with E-state index < -0.39 is 26.0 Å². The molecule has 0 radical (unpaired) electrons. The van der Waals surface area contributed by atoms with E-state index in [0.29, 0.717) is 5.69 Å². The van der Waals surface area contributed by atoms with Crippen molar-refractivity contribution in [2.75, 3.05) is 5.32 Å². The molecule has 0 aliphatic heterocycles. The minimum atomic E-state index is -4.54. The number of rotatable bonds is 5.